The van der Waals surface area contributed by atoms with E-state index >= 15 is 0 Å². The van der Waals surface area contributed by atoms with E-state index in [0.29, 0.717) is 61.9 Å². The Hall–Kier alpha value is -3.66. The van der Waals surface area contributed by atoms with Gasteiger partial charge >= 0.3 is 0 Å². The maximum atomic E-state index is 14.3. The quantitative estimate of drug-likeness (QED) is 0.459. The minimum atomic E-state index is -0.433. The summed E-state index contributed by atoms with van der Waals surface area (Å²) in [5.41, 5.74) is 2.50. The summed E-state index contributed by atoms with van der Waals surface area (Å²) in [6.07, 6.45) is 10.6. The number of rotatable bonds is 7. The van der Waals surface area contributed by atoms with Crippen molar-refractivity contribution in [1.82, 2.24) is 29.5 Å². The van der Waals surface area contributed by atoms with E-state index in [0.717, 1.165) is 36.1 Å². The molecule has 4 heterocycles. The summed E-state index contributed by atoms with van der Waals surface area (Å²) in [6, 6.07) is 5.08. The van der Waals surface area contributed by atoms with Crippen molar-refractivity contribution in [3.63, 3.8) is 0 Å². The second-order valence-electron chi connectivity index (χ2n) is 11.1. The fraction of sp³-hybridized carbons (Fsp3) is 0.500. The number of nitrogens with one attached hydrogen (secondary N) is 1. The van der Waals surface area contributed by atoms with Crippen molar-refractivity contribution in [1.29, 1.82) is 0 Å². The van der Waals surface area contributed by atoms with Crippen LogP contribution in [0, 0.1) is 11.8 Å². The molecule has 2 fully saturated rings. The highest BCUT2D eigenvalue weighted by molar-refractivity contribution is 6.31. The molecule has 6 rings (SSSR count). The first kappa shape index (κ1) is 27.5. The van der Waals surface area contributed by atoms with Gasteiger partial charge in [0.2, 0.25) is 23.5 Å². The molecule has 216 valence electrons. The van der Waals surface area contributed by atoms with Crippen LogP contribution in [0.5, 0.6) is 5.75 Å². The molecule has 3 aliphatic rings. The first-order valence-electron chi connectivity index (χ1n) is 14.5. The molecule has 1 saturated carbocycles. The van der Waals surface area contributed by atoms with E-state index in [1.165, 1.54) is 0 Å². The molecule has 0 spiro atoms. The third-order valence-electron chi connectivity index (χ3n) is 8.75. The summed E-state index contributed by atoms with van der Waals surface area (Å²) >= 11 is 6.74. The summed E-state index contributed by atoms with van der Waals surface area (Å²) in [5, 5.41) is 3.38. The lowest BCUT2D eigenvalue weighted by atomic mass is 9.77. The number of carbonyl (C=O) groups is 3. The Balaban J connectivity index is 1.35. The van der Waals surface area contributed by atoms with Crippen molar-refractivity contribution in [3.05, 3.63) is 58.6 Å². The predicted molar refractivity (Wildman–Crippen MR) is 152 cm³/mol. The van der Waals surface area contributed by atoms with Gasteiger partial charge in [0.1, 0.15) is 12.4 Å². The van der Waals surface area contributed by atoms with Crippen molar-refractivity contribution in [2.75, 3.05) is 26.7 Å². The van der Waals surface area contributed by atoms with Crippen LogP contribution in [0.2, 0.25) is 5.02 Å². The average molecular weight is 579 g/mol. The van der Waals surface area contributed by atoms with Crippen molar-refractivity contribution in [2.45, 2.75) is 57.6 Å². The molecule has 3 atom stereocenters. The molecule has 1 aliphatic carbocycles. The van der Waals surface area contributed by atoms with Gasteiger partial charge in [0.05, 0.1) is 11.7 Å². The highest BCUT2D eigenvalue weighted by atomic mass is 35.5. The Labute approximate surface area is 244 Å². The standard InChI is InChI=1S/C30H35ClN6O4/c1-32-28(39)20-6-2-3-7-21(20)29(40)37-15-11-22-23(31)9-10-25(27(22)24(37)17-35-13-4-8-26(35)38)41-18-19-16-36-14-5-12-33-30(36)34-19/h5,9-10,12,14,16,20-21,24H,2-4,6-8,11,13,15,17-18H2,1H3,(H,32,39)/t20-,21?,24-/m1/s1. The van der Waals surface area contributed by atoms with Gasteiger partial charge in [0, 0.05) is 74.1 Å². The minimum absolute atomic E-state index is 0.0297. The zero-order valence-electron chi connectivity index (χ0n) is 23.2. The van der Waals surface area contributed by atoms with Gasteiger partial charge < -0.3 is 19.9 Å². The van der Waals surface area contributed by atoms with E-state index in [2.05, 4.69) is 15.3 Å². The molecule has 11 heteroatoms. The van der Waals surface area contributed by atoms with Crippen LogP contribution in [0.1, 0.15) is 61.4 Å². The lowest BCUT2D eigenvalue weighted by molar-refractivity contribution is -0.147. The number of nitrogens with zero attached hydrogens (tertiary/aromatic N) is 5. The van der Waals surface area contributed by atoms with Crippen molar-refractivity contribution in [3.8, 4) is 5.75 Å². The molecule has 1 unspecified atom stereocenters. The molecule has 41 heavy (non-hydrogen) atoms. The molecule has 1 aromatic carbocycles. The monoisotopic (exact) mass is 578 g/mol. The number of aromatic nitrogens is 3. The van der Waals surface area contributed by atoms with Crippen molar-refractivity contribution in [2.24, 2.45) is 11.8 Å². The number of ether oxygens (including phenoxy) is 1. The normalized spacial score (nSPS) is 22.6. The molecule has 0 radical (unpaired) electrons. The fourth-order valence-corrected chi connectivity index (χ4v) is 6.96. The molecule has 3 aromatic rings. The van der Waals surface area contributed by atoms with Crippen LogP contribution >= 0.6 is 11.6 Å². The van der Waals surface area contributed by atoms with Crippen molar-refractivity contribution >= 4 is 35.1 Å². The number of hydrogen-bond acceptors (Lipinski definition) is 6. The SMILES string of the molecule is CNC(=O)[C@@H]1CCCCC1C(=O)N1CCc2c(Cl)ccc(OCc3cn4cccnc4n3)c2[C@H]1CN1CCCC1=O. The van der Waals surface area contributed by atoms with Crippen LogP contribution in [0.4, 0.5) is 0 Å². The van der Waals surface area contributed by atoms with Gasteiger partial charge in [-0.1, -0.05) is 24.4 Å². The third kappa shape index (κ3) is 5.37. The molecule has 1 N–H and O–H groups in total. The average Bonchev–Trinajstić information content (AvgIpc) is 3.61. The van der Waals surface area contributed by atoms with E-state index in [1.807, 2.05) is 44.8 Å². The van der Waals surface area contributed by atoms with E-state index in [4.69, 9.17) is 16.3 Å². The molecular weight excluding hydrogens is 544 g/mol. The Morgan fingerprint density at radius 2 is 1.95 bits per heavy atom. The molecule has 2 aliphatic heterocycles. The topological polar surface area (TPSA) is 109 Å². The Morgan fingerprint density at radius 1 is 1.12 bits per heavy atom. The van der Waals surface area contributed by atoms with Gasteiger partial charge in [0.15, 0.2) is 0 Å². The molecule has 1 saturated heterocycles. The highest BCUT2D eigenvalue weighted by Crippen LogP contribution is 2.43. The number of halogens is 1. The second-order valence-corrected chi connectivity index (χ2v) is 11.5. The first-order chi connectivity index (χ1) is 19.9. The van der Waals surface area contributed by atoms with Crippen LogP contribution in [0.15, 0.2) is 36.8 Å². The molecule has 0 bridgehead atoms. The van der Waals surface area contributed by atoms with Gasteiger partial charge in [-0.05, 0) is 49.4 Å². The first-order valence-corrected chi connectivity index (χ1v) is 14.8. The number of hydrogen-bond donors (Lipinski definition) is 1. The summed E-state index contributed by atoms with van der Waals surface area (Å²) in [7, 11) is 1.63. The smallest absolute Gasteiger partial charge is 0.234 e. The number of benzene rings is 1. The summed E-state index contributed by atoms with van der Waals surface area (Å²) in [6.45, 7) is 1.70. The zero-order valence-corrected chi connectivity index (χ0v) is 24.0. The number of fused-ring (bicyclic) bond motifs is 2. The Bertz CT molecular complexity index is 1440. The summed E-state index contributed by atoms with van der Waals surface area (Å²) < 4.78 is 8.22. The van der Waals surface area contributed by atoms with Crippen LogP contribution in [0.3, 0.4) is 0 Å². The third-order valence-corrected chi connectivity index (χ3v) is 9.10. The van der Waals surface area contributed by atoms with E-state index in [9.17, 15) is 14.4 Å². The highest BCUT2D eigenvalue weighted by Gasteiger charge is 2.43. The van der Waals surface area contributed by atoms with Crippen molar-refractivity contribution < 1.29 is 19.1 Å². The van der Waals surface area contributed by atoms with E-state index < -0.39 is 12.0 Å². The maximum Gasteiger partial charge on any atom is 0.234 e. The largest absolute Gasteiger partial charge is 0.487 e. The van der Waals surface area contributed by atoms with E-state index in [1.54, 1.807) is 13.2 Å². The van der Waals surface area contributed by atoms with Gasteiger partial charge in [-0.25, -0.2) is 9.97 Å². The van der Waals surface area contributed by atoms with Crippen LogP contribution < -0.4 is 10.1 Å². The van der Waals surface area contributed by atoms with Crippen LogP contribution in [-0.4, -0.2) is 68.6 Å². The van der Waals surface area contributed by atoms with Gasteiger partial charge in [-0.3, -0.25) is 18.8 Å². The summed E-state index contributed by atoms with van der Waals surface area (Å²) in [4.78, 5) is 52.4. The number of amides is 3. The lowest BCUT2D eigenvalue weighted by Gasteiger charge is -2.43. The number of likely N-dealkylation sites (tertiary alicyclic amines) is 1. The molecular formula is C30H35ClN6O4. The second kappa shape index (κ2) is 11.7. The number of carbonyl (C=O) groups excluding carboxylic acids is 3. The minimum Gasteiger partial charge on any atom is -0.487 e. The maximum absolute atomic E-state index is 14.3. The molecule has 10 nitrogen and oxygen atoms in total. The predicted octanol–water partition coefficient (Wildman–Crippen LogP) is 3.56. The Morgan fingerprint density at radius 3 is 2.71 bits per heavy atom. The summed E-state index contributed by atoms with van der Waals surface area (Å²) in [5.74, 6) is 0.442. The number of imidazole rings is 1. The van der Waals surface area contributed by atoms with Gasteiger partial charge in [-0.2, -0.15) is 0 Å². The van der Waals surface area contributed by atoms with E-state index in [-0.39, 0.29) is 30.2 Å². The fourth-order valence-electron chi connectivity index (χ4n) is 6.70. The molecule has 3 amide bonds. The molecule has 2 aromatic heterocycles. The van der Waals surface area contributed by atoms with Crippen LogP contribution in [-0.2, 0) is 27.4 Å². The Kier molecular flexibility index (Phi) is 7.84. The van der Waals surface area contributed by atoms with Crippen LogP contribution in [0.25, 0.3) is 5.78 Å². The lowest BCUT2D eigenvalue weighted by Crippen LogP contribution is -2.50. The zero-order chi connectivity index (χ0) is 28.5. The van der Waals surface area contributed by atoms with Gasteiger partial charge in [0.25, 0.3) is 0 Å². The van der Waals surface area contributed by atoms with Gasteiger partial charge in [-0.15, -0.1) is 0 Å².